The van der Waals surface area contributed by atoms with E-state index in [4.69, 9.17) is 15.2 Å². The number of hydrogen-bond acceptors (Lipinski definition) is 6. The van der Waals surface area contributed by atoms with Crippen molar-refractivity contribution < 1.29 is 33.3 Å². The van der Waals surface area contributed by atoms with Crippen molar-refractivity contribution in [2.45, 2.75) is 69.6 Å². The maximum Gasteiger partial charge on any atom is 0.225 e. The highest BCUT2D eigenvalue weighted by Gasteiger charge is 2.45. The summed E-state index contributed by atoms with van der Waals surface area (Å²) in [4.78, 5) is 15.1. The van der Waals surface area contributed by atoms with Crippen LogP contribution in [0.2, 0.25) is 0 Å². The molecule has 2 aromatic carbocycles. The van der Waals surface area contributed by atoms with Gasteiger partial charge in [-0.1, -0.05) is 18.2 Å². The van der Waals surface area contributed by atoms with Crippen molar-refractivity contribution in [3.8, 4) is 11.5 Å². The quantitative estimate of drug-likeness (QED) is 0.382. The van der Waals surface area contributed by atoms with Crippen molar-refractivity contribution in [1.29, 1.82) is 0 Å². The zero-order valence-corrected chi connectivity index (χ0v) is 22.7. The van der Waals surface area contributed by atoms with Gasteiger partial charge in [-0.25, -0.2) is 8.78 Å². The normalized spacial score (nSPS) is 24.9. The average Bonchev–Trinajstić information content (AvgIpc) is 3.26. The summed E-state index contributed by atoms with van der Waals surface area (Å²) >= 11 is 0. The minimum Gasteiger partial charge on any atom is -0.454 e. The number of carbonyl (C=O) groups is 1. The molecule has 1 saturated carbocycles. The van der Waals surface area contributed by atoms with Crippen LogP contribution in [0.4, 0.5) is 8.78 Å². The fraction of sp³-hybridized carbons (Fsp3) is 0.567. The lowest BCUT2D eigenvalue weighted by Gasteiger charge is -2.44. The van der Waals surface area contributed by atoms with E-state index in [1.165, 1.54) is 0 Å². The third-order valence-corrected chi connectivity index (χ3v) is 8.27. The summed E-state index contributed by atoms with van der Waals surface area (Å²) in [6.07, 6.45) is 2.61. The maximum absolute atomic E-state index is 15.4. The average molecular weight is 547 g/mol. The van der Waals surface area contributed by atoms with E-state index in [2.05, 4.69) is 0 Å². The molecule has 2 aliphatic rings. The van der Waals surface area contributed by atoms with Gasteiger partial charge in [0, 0.05) is 56.3 Å². The van der Waals surface area contributed by atoms with Crippen molar-refractivity contribution >= 4 is 5.91 Å². The van der Waals surface area contributed by atoms with Gasteiger partial charge in [-0.2, -0.15) is 0 Å². The maximum atomic E-state index is 15.4. The molecule has 2 fully saturated rings. The number of rotatable bonds is 10. The zero-order valence-electron chi connectivity index (χ0n) is 22.7. The smallest absolute Gasteiger partial charge is 0.225 e. The fourth-order valence-electron chi connectivity index (χ4n) is 6.04. The highest BCUT2D eigenvalue weighted by Crippen LogP contribution is 2.46. The van der Waals surface area contributed by atoms with E-state index in [-0.39, 0.29) is 36.1 Å². The first-order chi connectivity index (χ1) is 18.6. The van der Waals surface area contributed by atoms with Crippen LogP contribution in [-0.2, 0) is 15.1 Å². The topological polar surface area (TPSA) is 105 Å². The van der Waals surface area contributed by atoms with Crippen molar-refractivity contribution in [2.75, 3.05) is 26.8 Å². The number of carbonyl (C=O) groups excluding carboxylic acids is 1. The number of aliphatic hydroxyl groups is 2. The molecule has 1 amide bonds. The van der Waals surface area contributed by atoms with Crippen molar-refractivity contribution in [3.63, 3.8) is 0 Å². The van der Waals surface area contributed by atoms with Gasteiger partial charge in [0.05, 0.1) is 11.7 Å². The zero-order chi connectivity index (χ0) is 28.2. The first kappa shape index (κ1) is 29.4. The Balaban J connectivity index is 1.69. The van der Waals surface area contributed by atoms with E-state index < -0.39 is 35.3 Å². The second kappa shape index (κ2) is 12.7. The predicted octanol–water partition coefficient (Wildman–Crippen LogP) is 4.41. The standard InChI is InChI=1S/C30H40F2N2O5/c1-19-8-3-4-10-27(19)39-28-23(16-22(31)17-24(28)32)30(37,11-5-6-13-38-2)21-9-7-12-34(18-21)29(36)20-14-25(33)26(35)15-20/h3-4,8,10,16-17,20-21,25-26,35,37H,5-7,9,11-15,18,33H2,1-2H3/t20-,21+,25+,26-,30+/m0/s1. The summed E-state index contributed by atoms with van der Waals surface area (Å²) in [6.45, 7) is 3.05. The van der Waals surface area contributed by atoms with E-state index in [1.54, 1.807) is 24.1 Å². The Bertz CT molecular complexity index is 1140. The number of aliphatic hydroxyl groups excluding tert-OH is 1. The molecule has 39 heavy (non-hydrogen) atoms. The number of aryl methyl sites for hydroxylation is 1. The minimum absolute atomic E-state index is 0.0401. The number of halogens is 2. The Hall–Kier alpha value is -2.59. The fourth-order valence-corrected chi connectivity index (χ4v) is 6.04. The van der Waals surface area contributed by atoms with Crippen LogP contribution in [0.3, 0.4) is 0 Å². The van der Waals surface area contributed by atoms with E-state index in [0.717, 1.165) is 17.7 Å². The van der Waals surface area contributed by atoms with E-state index in [9.17, 15) is 19.4 Å². The third kappa shape index (κ3) is 6.60. The SMILES string of the molecule is COCCCC[C@](O)(c1cc(F)cc(F)c1Oc1ccccc1C)[C@@H]1CCCN(C(=O)[C@H]2C[C@@H](N)[C@@H](O)C2)C1. The number of nitrogens with two attached hydrogens (primary N) is 1. The van der Waals surface area contributed by atoms with E-state index in [1.807, 2.05) is 19.1 Å². The van der Waals surface area contributed by atoms with Crippen LogP contribution in [-0.4, -0.2) is 60.0 Å². The number of benzene rings is 2. The molecular weight excluding hydrogens is 506 g/mol. The molecule has 0 radical (unpaired) electrons. The summed E-state index contributed by atoms with van der Waals surface area (Å²) < 4.78 is 41.3. The number of ether oxygens (including phenoxy) is 2. The lowest BCUT2D eigenvalue weighted by Crippen LogP contribution is -2.49. The molecule has 0 unspecified atom stereocenters. The molecular formula is C30H40F2N2O5. The second-order valence-electron chi connectivity index (χ2n) is 11.0. The third-order valence-electron chi connectivity index (χ3n) is 8.27. The largest absolute Gasteiger partial charge is 0.454 e. The first-order valence-electron chi connectivity index (χ1n) is 13.8. The number of hydrogen-bond donors (Lipinski definition) is 3. The Labute approximate surface area is 228 Å². The molecule has 1 saturated heterocycles. The van der Waals surface area contributed by atoms with Crippen molar-refractivity contribution in [2.24, 2.45) is 17.6 Å². The molecule has 0 spiro atoms. The Morgan fingerprint density at radius 3 is 2.67 bits per heavy atom. The molecule has 214 valence electrons. The number of para-hydroxylation sites is 1. The number of amides is 1. The molecule has 0 bridgehead atoms. The van der Waals surface area contributed by atoms with Crippen LogP contribution in [0.15, 0.2) is 36.4 Å². The van der Waals surface area contributed by atoms with Crippen molar-refractivity contribution in [1.82, 2.24) is 4.90 Å². The Kier molecular flexibility index (Phi) is 9.59. The molecule has 2 aromatic rings. The summed E-state index contributed by atoms with van der Waals surface area (Å²) in [5.74, 6) is -2.49. The van der Waals surface area contributed by atoms with Gasteiger partial charge < -0.3 is 30.3 Å². The van der Waals surface area contributed by atoms with Gasteiger partial charge in [0.15, 0.2) is 11.6 Å². The molecule has 1 aliphatic carbocycles. The van der Waals surface area contributed by atoms with Crippen LogP contribution in [0, 0.1) is 30.4 Å². The molecule has 7 nitrogen and oxygen atoms in total. The van der Waals surface area contributed by atoms with Crippen molar-refractivity contribution in [3.05, 3.63) is 59.2 Å². The van der Waals surface area contributed by atoms with Gasteiger partial charge in [0.2, 0.25) is 5.91 Å². The second-order valence-corrected chi connectivity index (χ2v) is 11.0. The van der Waals surface area contributed by atoms with Crippen LogP contribution in [0.25, 0.3) is 0 Å². The molecule has 0 aromatic heterocycles. The number of likely N-dealkylation sites (tertiary alicyclic amines) is 1. The molecule has 4 N–H and O–H groups in total. The summed E-state index contributed by atoms with van der Waals surface area (Å²) in [5, 5.41) is 22.5. The summed E-state index contributed by atoms with van der Waals surface area (Å²) in [5.41, 5.74) is 5.09. The minimum atomic E-state index is -1.67. The van der Waals surface area contributed by atoms with Gasteiger partial charge >= 0.3 is 0 Å². The van der Waals surface area contributed by atoms with Crippen LogP contribution in [0.1, 0.15) is 56.1 Å². The monoisotopic (exact) mass is 546 g/mol. The predicted molar refractivity (Wildman–Crippen MR) is 143 cm³/mol. The molecule has 1 heterocycles. The van der Waals surface area contributed by atoms with Gasteiger partial charge in [-0.3, -0.25) is 4.79 Å². The molecule has 5 atom stereocenters. The van der Waals surface area contributed by atoms with Gasteiger partial charge in [-0.05, 0) is 69.6 Å². The highest BCUT2D eigenvalue weighted by molar-refractivity contribution is 5.79. The Morgan fingerprint density at radius 2 is 1.97 bits per heavy atom. The van der Waals surface area contributed by atoms with E-state index in [0.29, 0.717) is 57.4 Å². The summed E-state index contributed by atoms with van der Waals surface area (Å²) in [7, 11) is 1.60. The Morgan fingerprint density at radius 1 is 1.21 bits per heavy atom. The van der Waals surface area contributed by atoms with Crippen LogP contribution in [0.5, 0.6) is 11.5 Å². The molecule has 1 aliphatic heterocycles. The summed E-state index contributed by atoms with van der Waals surface area (Å²) in [6, 6.07) is 8.59. The van der Waals surface area contributed by atoms with E-state index >= 15 is 4.39 Å². The van der Waals surface area contributed by atoms with Crippen LogP contribution >= 0.6 is 0 Å². The number of methoxy groups -OCH3 is 1. The van der Waals surface area contributed by atoms with Crippen LogP contribution < -0.4 is 10.5 Å². The number of nitrogens with zero attached hydrogens (tertiary/aromatic N) is 1. The number of unbranched alkanes of at least 4 members (excludes halogenated alkanes) is 1. The first-order valence-corrected chi connectivity index (χ1v) is 13.8. The number of piperidine rings is 1. The molecule has 4 rings (SSSR count). The highest BCUT2D eigenvalue weighted by atomic mass is 19.1. The van der Waals surface area contributed by atoms with Gasteiger partial charge in [0.1, 0.15) is 11.6 Å². The lowest BCUT2D eigenvalue weighted by atomic mass is 9.73. The lowest BCUT2D eigenvalue weighted by molar-refractivity contribution is -0.141. The van der Waals surface area contributed by atoms with Gasteiger partial charge in [0.25, 0.3) is 0 Å². The van der Waals surface area contributed by atoms with Gasteiger partial charge in [-0.15, -0.1) is 0 Å². The molecule has 9 heteroatoms.